The predicted molar refractivity (Wildman–Crippen MR) is 88.2 cm³/mol. The zero-order chi connectivity index (χ0) is 16.5. The van der Waals surface area contributed by atoms with E-state index in [1.807, 2.05) is 19.1 Å². The van der Waals surface area contributed by atoms with Gasteiger partial charge in [-0.15, -0.1) is 0 Å². The molecule has 1 saturated heterocycles. The molecule has 0 amide bonds. The van der Waals surface area contributed by atoms with E-state index in [4.69, 9.17) is 16.1 Å². The van der Waals surface area contributed by atoms with Gasteiger partial charge in [0, 0.05) is 24.5 Å². The first-order valence-electron chi connectivity index (χ1n) is 7.90. The van der Waals surface area contributed by atoms with Crippen molar-refractivity contribution in [2.45, 2.75) is 32.4 Å². The molecule has 24 heavy (non-hydrogen) atoms. The van der Waals surface area contributed by atoms with Crippen LogP contribution < -0.4 is 0 Å². The van der Waals surface area contributed by atoms with Gasteiger partial charge in [0.2, 0.25) is 11.7 Å². The monoisotopic (exact) mass is 344 g/mol. The summed E-state index contributed by atoms with van der Waals surface area (Å²) in [5.41, 5.74) is 2.64. The van der Waals surface area contributed by atoms with Crippen LogP contribution in [-0.4, -0.2) is 36.8 Å². The van der Waals surface area contributed by atoms with Crippen LogP contribution in [0.5, 0.6) is 0 Å². The predicted octanol–water partition coefficient (Wildman–Crippen LogP) is 3.15. The number of aromatic nitrogens is 5. The Morgan fingerprint density at radius 3 is 2.96 bits per heavy atom. The van der Waals surface area contributed by atoms with E-state index in [1.54, 1.807) is 12.4 Å². The molecule has 7 nitrogen and oxygen atoms in total. The largest absolute Gasteiger partial charge is 0.337 e. The average Bonchev–Trinajstić information content (AvgIpc) is 3.33. The molecule has 1 atom stereocenters. The van der Waals surface area contributed by atoms with Crippen LogP contribution in [0.25, 0.3) is 11.4 Å². The molecule has 0 saturated carbocycles. The Morgan fingerprint density at radius 1 is 1.38 bits per heavy atom. The fraction of sp³-hybridized carbons (Fsp3) is 0.375. The van der Waals surface area contributed by atoms with Gasteiger partial charge in [0.15, 0.2) is 0 Å². The topological polar surface area (TPSA) is 83.7 Å². The molecule has 3 aromatic rings. The van der Waals surface area contributed by atoms with Crippen molar-refractivity contribution in [2.75, 3.05) is 6.54 Å². The SMILES string of the molecule is Cc1[nH]nc(CN2CCC[C@H]2c2nc(-c3ccncc3)no2)c1Cl. The van der Waals surface area contributed by atoms with E-state index in [-0.39, 0.29) is 6.04 Å². The van der Waals surface area contributed by atoms with Crippen LogP contribution in [0.3, 0.4) is 0 Å². The van der Waals surface area contributed by atoms with Gasteiger partial charge in [-0.1, -0.05) is 16.8 Å². The summed E-state index contributed by atoms with van der Waals surface area (Å²) in [4.78, 5) is 10.9. The lowest BCUT2D eigenvalue weighted by Gasteiger charge is -2.20. The second-order valence-electron chi connectivity index (χ2n) is 5.93. The number of H-pyrrole nitrogens is 1. The number of nitrogens with zero attached hydrogens (tertiary/aromatic N) is 5. The summed E-state index contributed by atoms with van der Waals surface area (Å²) in [5.74, 6) is 1.23. The highest BCUT2D eigenvalue weighted by molar-refractivity contribution is 6.31. The molecule has 8 heteroatoms. The van der Waals surface area contributed by atoms with E-state index in [0.717, 1.165) is 36.3 Å². The van der Waals surface area contributed by atoms with Crippen LogP contribution in [0.15, 0.2) is 29.0 Å². The fourth-order valence-electron chi connectivity index (χ4n) is 3.05. The molecule has 0 aromatic carbocycles. The van der Waals surface area contributed by atoms with E-state index in [2.05, 4.69) is 30.2 Å². The highest BCUT2D eigenvalue weighted by atomic mass is 35.5. The van der Waals surface area contributed by atoms with Crippen molar-refractivity contribution in [2.24, 2.45) is 0 Å². The Bertz CT molecular complexity index is 830. The number of rotatable bonds is 4. The molecule has 124 valence electrons. The number of aryl methyl sites for hydroxylation is 1. The van der Waals surface area contributed by atoms with Crippen molar-refractivity contribution in [3.63, 3.8) is 0 Å². The van der Waals surface area contributed by atoms with Crippen LogP contribution in [0.1, 0.15) is 36.2 Å². The third kappa shape index (κ3) is 2.81. The molecule has 1 fully saturated rings. The maximum absolute atomic E-state index is 6.29. The molecule has 1 N–H and O–H groups in total. The van der Waals surface area contributed by atoms with E-state index < -0.39 is 0 Å². The minimum absolute atomic E-state index is 0.0983. The Morgan fingerprint density at radius 2 is 2.21 bits per heavy atom. The minimum atomic E-state index is 0.0983. The van der Waals surface area contributed by atoms with Crippen LogP contribution in [0.4, 0.5) is 0 Å². The second kappa shape index (κ2) is 6.33. The highest BCUT2D eigenvalue weighted by Crippen LogP contribution is 2.34. The summed E-state index contributed by atoms with van der Waals surface area (Å²) in [5, 5.41) is 12.0. The molecule has 0 unspecified atom stereocenters. The summed E-state index contributed by atoms with van der Waals surface area (Å²) in [6, 6.07) is 3.84. The molecular weight excluding hydrogens is 328 g/mol. The third-order valence-corrected chi connectivity index (χ3v) is 4.82. The van der Waals surface area contributed by atoms with E-state index in [0.29, 0.717) is 23.3 Å². The van der Waals surface area contributed by atoms with Gasteiger partial charge >= 0.3 is 0 Å². The first kappa shape index (κ1) is 15.3. The standard InChI is InChI=1S/C16H17ClN6O/c1-10-14(17)12(21-20-10)9-23-8-2-3-13(23)16-19-15(22-24-16)11-4-6-18-7-5-11/h4-7,13H,2-3,8-9H2,1H3,(H,20,21)/t13-/m0/s1. The summed E-state index contributed by atoms with van der Waals surface area (Å²) in [7, 11) is 0. The number of halogens is 1. The Labute approximate surface area is 144 Å². The van der Waals surface area contributed by atoms with Gasteiger partial charge < -0.3 is 4.52 Å². The lowest BCUT2D eigenvalue weighted by molar-refractivity contribution is 0.199. The maximum atomic E-state index is 6.29. The maximum Gasteiger partial charge on any atom is 0.244 e. The van der Waals surface area contributed by atoms with Crippen molar-refractivity contribution in [1.82, 2.24) is 30.2 Å². The molecule has 3 aromatic heterocycles. The number of hydrogen-bond donors (Lipinski definition) is 1. The molecule has 1 aliphatic heterocycles. The smallest absolute Gasteiger partial charge is 0.244 e. The molecule has 4 heterocycles. The van der Waals surface area contributed by atoms with E-state index in [1.165, 1.54) is 0 Å². The van der Waals surface area contributed by atoms with Crippen LogP contribution in [0, 0.1) is 6.92 Å². The summed E-state index contributed by atoms with van der Waals surface area (Å²) >= 11 is 6.29. The Hall–Kier alpha value is -2.25. The van der Waals surface area contributed by atoms with Crippen molar-refractivity contribution in [3.05, 3.63) is 46.8 Å². The molecule has 0 aliphatic carbocycles. The Balaban J connectivity index is 1.55. The number of nitrogens with one attached hydrogen (secondary N) is 1. The molecule has 1 aliphatic rings. The van der Waals surface area contributed by atoms with E-state index >= 15 is 0 Å². The molecule has 4 rings (SSSR count). The first-order valence-corrected chi connectivity index (χ1v) is 8.27. The Kier molecular flexibility index (Phi) is 4.03. The number of pyridine rings is 1. The zero-order valence-electron chi connectivity index (χ0n) is 13.2. The third-order valence-electron chi connectivity index (χ3n) is 4.32. The van der Waals surface area contributed by atoms with Crippen LogP contribution >= 0.6 is 11.6 Å². The van der Waals surface area contributed by atoms with Crippen LogP contribution in [0.2, 0.25) is 5.02 Å². The molecule has 0 bridgehead atoms. The van der Waals surface area contributed by atoms with Gasteiger partial charge in [-0.3, -0.25) is 15.0 Å². The van der Waals surface area contributed by atoms with Gasteiger partial charge in [0.25, 0.3) is 0 Å². The minimum Gasteiger partial charge on any atom is -0.337 e. The summed E-state index contributed by atoms with van der Waals surface area (Å²) in [6.07, 6.45) is 5.50. The number of hydrogen-bond acceptors (Lipinski definition) is 6. The quantitative estimate of drug-likeness (QED) is 0.782. The molecular formula is C16H17ClN6O. The van der Waals surface area contributed by atoms with Gasteiger partial charge in [-0.05, 0) is 38.4 Å². The van der Waals surface area contributed by atoms with Gasteiger partial charge in [0.1, 0.15) is 0 Å². The summed E-state index contributed by atoms with van der Waals surface area (Å²) in [6.45, 7) is 3.54. The normalized spacial score (nSPS) is 18.3. The lowest BCUT2D eigenvalue weighted by atomic mass is 10.2. The van der Waals surface area contributed by atoms with Crippen molar-refractivity contribution in [3.8, 4) is 11.4 Å². The molecule has 0 radical (unpaired) electrons. The van der Waals surface area contributed by atoms with Gasteiger partial charge in [0.05, 0.1) is 22.5 Å². The average molecular weight is 345 g/mol. The zero-order valence-corrected chi connectivity index (χ0v) is 14.0. The van der Waals surface area contributed by atoms with Crippen LogP contribution in [-0.2, 0) is 6.54 Å². The highest BCUT2D eigenvalue weighted by Gasteiger charge is 2.31. The first-order chi connectivity index (χ1) is 11.7. The van der Waals surface area contributed by atoms with Crippen molar-refractivity contribution in [1.29, 1.82) is 0 Å². The fourth-order valence-corrected chi connectivity index (χ4v) is 3.19. The van der Waals surface area contributed by atoms with Gasteiger partial charge in [-0.25, -0.2) is 0 Å². The second-order valence-corrected chi connectivity index (χ2v) is 6.31. The van der Waals surface area contributed by atoms with Crippen molar-refractivity contribution < 1.29 is 4.52 Å². The van der Waals surface area contributed by atoms with E-state index in [9.17, 15) is 0 Å². The number of aromatic amines is 1. The lowest BCUT2D eigenvalue weighted by Crippen LogP contribution is -2.23. The van der Waals surface area contributed by atoms with Crippen molar-refractivity contribution >= 4 is 11.6 Å². The molecule has 0 spiro atoms. The number of likely N-dealkylation sites (tertiary alicyclic amines) is 1. The summed E-state index contributed by atoms with van der Waals surface area (Å²) < 4.78 is 5.52. The van der Waals surface area contributed by atoms with Gasteiger partial charge in [-0.2, -0.15) is 10.1 Å².